The van der Waals surface area contributed by atoms with Gasteiger partial charge in [-0.1, -0.05) is 69.4 Å². The van der Waals surface area contributed by atoms with E-state index in [0.29, 0.717) is 13.0 Å². The summed E-state index contributed by atoms with van der Waals surface area (Å²) in [4.78, 5) is 40.1. The van der Waals surface area contributed by atoms with Crippen molar-refractivity contribution in [3.63, 3.8) is 0 Å². The summed E-state index contributed by atoms with van der Waals surface area (Å²) in [6.45, 7) is 4.13. The van der Waals surface area contributed by atoms with Gasteiger partial charge in [0.25, 0.3) is 5.91 Å². The van der Waals surface area contributed by atoms with Crippen molar-refractivity contribution >= 4 is 17.8 Å². The fraction of sp³-hybridized carbons (Fsp3) is 0.571. The van der Waals surface area contributed by atoms with Gasteiger partial charge in [-0.3, -0.25) is 14.5 Å². The molecule has 0 saturated carbocycles. The van der Waals surface area contributed by atoms with Gasteiger partial charge in [-0.25, -0.2) is 4.79 Å². The molecule has 0 spiro atoms. The van der Waals surface area contributed by atoms with Crippen molar-refractivity contribution in [2.24, 2.45) is 0 Å². The van der Waals surface area contributed by atoms with Gasteiger partial charge in [-0.05, 0) is 18.9 Å². The standard InChI is InChI=1S/C21H31N3O3/c1-4-5-6-7-11-14-21(2)19(26)24(20(27)22-21)16-18(25)23(3)15-17-12-9-8-10-13-17/h8-10,12-13H,4-7,11,14-16H2,1-3H3,(H,22,27). The molecule has 27 heavy (non-hydrogen) atoms. The smallest absolute Gasteiger partial charge is 0.325 e. The molecule has 6 heteroatoms. The lowest BCUT2D eigenvalue weighted by Crippen LogP contribution is -2.45. The van der Waals surface area contributed by atoms with Crippen LogP contribution < -0.4 is 5.32 Å². The molecule has 148 valence electrons. The number of nitrogens with zero attached hydrogens (tertiary/aromatic N) is 2. The van der Waals surface area contributed by atoms with Crippen molar-refractivity contribution in [3.05, 3.63) is 35.9 Å². The zero-order chi connectivity index (χ0) is 19.9. The number of nitrogens with one attached hydrogen (secondary N) is 1. The topological polar surface area (TPSA) is 69.7 Å². The van der Waals surface area contributed by atoms with E-state index in [1.54, 1.807) is 14.0 Å². The minimum Gasteiger partial charge on any atom is -0.340 e. The summed E-state index contributed by atoms with van der Waals surface area (Å²) in [6.07, 6.45) is 6.03. The van der Waals surface area contributed by atoms with Crippen molar-refractivity contribution < 1.29 is 14.4 Å². The van der Waals surface area contributed by atoms with Crippen LogP contribution >= 0.6 is 0 Å². The Labute approximate surface area is 161 Å². The van der Waals surface area contributed by atoms with E-state index in [0.717, 1.165) is 29.7 Å². The van der Waals surface area contributed by atoms with Gasteiger partial charge in [0.2, 0.25) is 5.91 Å². The largest absolute Gasteiger partial charge is 0.340 e. The second kappa shape index (κ2) is 9.53. The van der Waals surface area contributed by atoms with Gasteiger partial charge < -0.3 is 10.2 Å². The van der Waals surface area contributed by atoms with E-state index in [2.05, 4.69) is 12.2 Å². The fourth-order valence-corrected chi connectivity index (χ4v) is 3.34. The monoisotopic (exact) mass is 373 g/mol. The molecular weight excluding hydrogens is 342 g/mol. The van der Waals surface area contributed by atoms with Crippen LogP contribution in [0.25, 0.3) is 0 Å². The quantitative estimate of drug-likeness (QED) is 0.505. The van der Waals surface area contributed by atoms with Crippen LogP contribution in [0.2, 0.25) is 0 Å². The Balaban J connectivity index is 1.89. The normalized spacial score (nSPS) is 19.3. The summed E-state index contributed by atoms with van der Waals surface area (Å²) in [5.41, 5.74) is 0.101. The van der Waals surface area contributed by atoms with Crippen LogP contribution in [0.4, 0.5) is 4.79 Å². The molecule has 1 aliphatic rings. The van der Waals surface area contributed by atoms with Gasteiger partial charge in [-0.15, -0.1) is 0 Å². The Hall–Kier alpha value is -2.37. The number of carbonyl (C=O) groups excluding carboxylic acids is 3. The molecule has 1 atom stereocenters. The molecule has 1 aromatic rings. The number of amides is 4. The highest BCUT2D eigenvalue weighted by Gasteiger charge is 2.47. The molecule has 1 aromatic carbocycles. The maximum absolute atomic E-state index is 12.7. The molecule has 1 aliphatic heterocycles. The highest BCUT2D eigenvalue weighted by Crippen LogP contribution is 2.24. The van der Waals surface area contributed by atoms with Crippen LogP contribution in [0, 0.1) is 0 Å². The number of hydrogen-bond acceptors (Lipinski definition) is 3. The number of hydrogen-bond donors (Lipinski definition) is 1. The van der Waals surface area contributed by atoms with E-state index in [4.69, 9.17) is 0 Å². The van der Waals surface area contributed by atoms with E-state index in [9.17, 15) is 14.4 Å². The first-order chi connectivity index (χ1) is 12.9. The average molecular weight is 373 g/mol. The Bertz CT molecular complexity index is 662. The Kier molecular flexibility index (Phi) is 7.39. The predicted octanol–water partition coefficient (Wildman–Crippen LogP) is 3.32. The lowest BCUT2D eigenvalue weighted by Gasteiger charge is -2.23. The molecule has 0 aliphatic carbocycles. The van der Waals surface area contributed by atoms with Crippen molar-refractivity contribution in [2.75, 3.05) is 13.6 Å². The van der Waals surface area contributed by atoms with E-state index in [-0.39, 0.29) is 18.4 Å². The molecule has 1 fully saturated rings. The Morgan fingerprint density at radius 3 is 2.44 bits per heavy atom. The summed E-state index contributed by atoms with van der Waals surface area (Å²) < 4.78 is 0. The third-order valence-electron chi connectivity index (χ3n) is 5.11. The lowest BCUT2D eigenvalue weighted by molar-refractivity contribution is -0.138. The van der Waals surface area contributed by atoms with E-state index in [1.165, 1.54) is 17.7 Å². The maximum atomic E-state index is 12.7. The van der Waals surface area contributed by atoms with Gasteiger partial charge >= 0.3 is 6.03 Å². The van der Waals surface area contributed by atoms with Gasteiger partial charge in [-0.2, -0.15) is 0 Å². The third kappa shape index (κ3) is 5.55. The summed E-state index contributed by atoms with van der Waals surface area (Å²) in [5.74, 6) is -0.556. The summed E-state index contributed by atoms with van der Waals surface area (Å²) in [5, 5.41) is 2.78. The summed E-state index contributed by atoms with van der Waals surface area (Å²) >= 11 is 0. The van der Waals surface area contributed by atoms with E-state index in [1.807, 2.05) is 30.3 Å². The highest BCUT2D eigenvalue weighted by molar-refractivity contribution is 6.08. The molecule has 1 unspecified atom stereocenters. The van der Waals surface area contributed by atoms with Crippen molar-refractivity contribution in [1.82, 2.24) is 15.1 Å². The van der Waals surface area contributed by atoms with E-state index >= 15 is 0 Å². The zero-order valence-corrected chi connectivity index (χ0v) is 16.7. The SMILES string of the molecule is CCCCCCCC1(C)NC(=O)N(CC(=O)N(C)Cc2ccccc2)C1=O. The minimum atomic E-state index is -0.901. The maximum Gasteiger partial charge on any atom is 0.325 e. The van der Waals surface area contributed by atoms with Gasteiger partial charge in [0.15, 0.2) is 0 Å². The number of urea groups is 1. The first-order valence-corrected chi connectivity index (χ1v) is 9.79. The predicted molar refractivity (Wildman–Crippen MR) is 105 cm³/mol. The molecule has 1 saturated heterocycles. The number of carbonyl (C=O) groups is 3. The van der Waals surface area contributed by atoms with Gasteiger partial charge in [0, 0.05) is 13.6 Å². The first kappa shape index (κ1) is 20.9. The molecule has 4 amide bonds. The molecule has 0 aromatic heterocycles. The van der Waals surface area contributed by atoms with Crippen LogP contribution in [-0.2, 0) is 16.1 Å². The Morgan fingerprint density at radius 1 is 1.11 bits per heavy atom. The van der Waals surface area contributed by atoms with Crippen LogP contribution in [0.3, 0.4) is 0 Å². The van der Waals surface area contributed by atoms with Crippen molar-refractivity contribution in [2.45, 2.75) is 64.5 Å². The first-order valence-electron chi connectivity index (χ1n) is 9.79. The summed E-state index contributed by atoms with van der Waals surface area (Å²) in [6, 6.07) is 9.15. The van der Waals surface area contributed by atoms with Crippen LogP contribution in [0.1, 0.15) is 57.9 Å². The molecule has 0 radical (unpaired) electrons. The molecule has 1 heterocycles. The van der Waals surface area contributed by atoms with Crippen LogP contribution in [0.5, 0.6) is 0 Å². The zero-order valence-electron chi connectivity index (χ0n) is 16.7. The number of benzene rings is 1. The average Bonchev–Trinajstić information content (AvgIpc) is 2.85. The molecule has 0 bridgehead atoms. The minimum absolute atomic E-state index is 0.223. The number of unbranched alkanes of at least 4 members (excludes halogenated alkanes) is 4. The number of likely N-dealkylation sites (N-methyl/N-ethyl adjacent to an activating group) is 1. The van der Waals surface area contributed by atoms with Crippen molar-refractivity contribution in [1.29, 1.82) is 0 Å². The molecular formula is C21H31N3O3. The fourth-order valence-electron chi connectivity index (χ4n) is 3.34. The summed E-state index contributed by atoms with van der Waals surface area (Å²) in [7, 11) is 1.68. The van der Waals surface area contributed by atoms with Gasteiger partial charge in [0.1, 0.15) is 12.1 Å². The lowest BCUT2D eigenvalue weighted by atomic mass is 9.94. The van der Waals surface area contributed by atoms with Gasteiger partial charge in [0.05, 0.1) is 0 Å². The molecule has 6 nitrogen and oxygen atoms in total. The Morgan fingerprint density at radius 2 is 1.78 bits per heavy atom. The van der Waals surface area contributed by atoms with Crippen LogP contribution in [0.15, 0.2) is 30.3 Å². The number of rotatable bonds is 10. The van der Waals surface area contributed by atoms with E-state index < -0.39 is 11.6 Å². The number of imide groups is 1. The third-order valence-corrected chi connectivity index (χ3v) is 5.11. The molecule has 2 rings (SSSR count). The second-order valence-corrected chi connectivity index (χ2v) is 7.55. The van der Waals surface area contributed by atoms with Crippen LogP contribution in [-0.4, -0.2) is 46.8 Å². The second-order valence-electron chi connectivity index (χ2n) is 7.55. The molecule has 1 N–H and O–H groups in total. The van der Waals surface area contributed by atoms with Crippen molar-refractivity contribution in [3.8, 4) is 0 Å². The highest BCUT2D eigenvalue weighted by atomic mass is 16.2.